The second kappa shape index (κ2) is 8.78. The molecular formula is C15H30O. The van der Waals surface area contributed by atoms with Crippen LogP contribution in [0.5, 0.6) is 0 Å². The molecule has 0 aliphatic rings. The van der Waals surface area contributed by atoms with Crippen molar-refractivity contribution in [1.82, 2.24) is 0 Å². The summed E-state index contributed by atoms with van der Waals surface area (Å²) in [5, 5.41) is 0. The minimum atomic E-state index is 0.308. The lowest BCUT2D eigenvalue weighted by Crippen LogP contribution is -2.17. The topological polar surface area (TPSA) is 17.1 Å². The van der Waals surface area contributed by atoms with E-state index in [1.54, 1.807) is 6.92 Å². The van der Waals surface area contributed by atoms with E-state index in [9.17, 15) is 4.79 Å². The van der Waals surface area contributed by atoms with Crippen LogP contribution in [0.3, 0.4) is 0 Å². The predicted molar refractivity (Wildman–Crippen MR) is 71.5 cm³/mol. The molecule has 2 atom stereocenters. The maximum atomic E-state index is 11.6. The van der Waals surface area contributed by atoms with Crippen LogP contribution in [0.25, 0.3) is 0 Å². The Bertz CT molecular complexity index is 172. The predicted octanol–water partition coefficient (Wildman–Crippen LogP) is 4.84. The van der Waals surface area contributed by atoms with Crippen LogP contribution in [-0.4, -0.2) is 5.78 Å². The Balaban J connectivity index is 4.11. The standard InChI is InChI=1S/C15H30O/c1-6-8-12(3)10-15(14(5)16)11-13(4)9-7-2/h12-13,15H,6-11H2,1-5H3. The molecule has 0 fully saturated rings. The second-order valence-electron chi connectivity index (χ2n) is 5.57. The third-order valence-corrected chi connectivity index (χ3v) is 3.51. The Hall–Kier alpha value is -0.330. The van der Waals surface area contributed by atoms with Gasteiger partial charge in [0, 0.05) is 5.92 Å². The molecule has 0 aliphatic heterocycles. The SMILES string of the molecule is CCCC(C)CC(CC(C)CCC)C(C)=O. The fourth-order valence-corrected chi connectivity index (χ4v) is 2.62. The van der Waals surface area contributed by atoms with Crippen molar-refractivity contribution in [3.8, 4) is 0 Å². The summed E-state index contributed by atoms with van der Waals surface area (Å²) in [6.45, 7) is 10.8. The van der Waals surface area contributed by atoms with Crippen LogP contribution in [0.1, 0.15) is 73.1 Å². The van der Waals surface area contributed by atoms with Gasteiger partial charge in [-0.15, -0.1) is 0 Å². The highest BCUT2D eigenvalue weighted by atomic mass is 16.1. The molecule has 0 aromatic carbocycles. The summed E-state index contributed by atoms with van der Waals surface area (Å²) in [5.74, 6) is 2.11. The molecule has 1 heteroatoms. The van der Waals surface area contributed by atoms with E-state index in [2.05, 4.69) is 27.7 Å². The first-order chi connectivity index (χ1) is 7.51. The zero-order valence-corrected chi connectivity index (χ0v) is 11.9. The Morgan fingerprint density at radius 2 is 1.31 bits per heavy atom. The highest BCUT2D eigenvalue weighted by Crippen LogP contribution is 2.25. The van der Waals surface area contributed by atoms with Crippen LogP contribution in [0, 0.1) is 17.8 Å². The fourth-order valence-electron chi connectivity index (χ4n) is 2.62. The number of ketones is 1. The quantitative estimate of drug-likeness (QED) is 0.549. The van der Waals surface area contributed by atoms with Crippen LogP contribution in [0.15, 0.2) is 0 Å². The van der Waals surface area contributed by atoms with Gasteiger partial charge >= 0.3 is 0 Å². The number of carbonyl (C=O) groups is 1. The van der Waals surface area contributed by atoms with E-state index < -0.39 is 0 Å². The zero-order valence-electron chi connectivity index (χ0n) is 11.9. The molecule has 0 saturated carbocycles. The van der Waals surface area contributed by atoms with Gasteiger partial charge in [0.2, 0.25) is 0 Å². The Morgan fingerprint density at radius 3 is 1.56 bits per heavy atom. The largest absolute Gasteiger partial charge is 0.300 e. The Morgan fingerprint density at radius 1 is 0.938 bits per heavy atom. The van der Waals surface area contributed by atoms with Gasteiger partial charge in [0.15, 0.2) is 0 Å². The molecule has 0 heterocycles. The average molecular weight is 226 g/mol. The number of hydrogen-bond donors (Lipinski definition) is 0. The molecule has 0 radical (unpaired) electrons. The van der Waals surface area contributed by atoms with Gasteiger partial charge in [-0.2, -0.15) is 0 Å². The van der Waals surface area contributed by atoms with E-state index in [0.717, 1.165) is 12.8 Å². The van der Waals surface area contributed by atoms with Gasteiger partial charge < -0.3 is 0 Å². The molecular weight excluding hydrogens is 196 g/mol. The number of Topliss-reactive ketones (excluding diaryl/α,β-unsaturated/α-hetero) is 1. The van der Waals surface area contributed by atoms with Crippen LogP contribution in [0.2, 0.25) is 0 Å². The van der Waals surface area contributed by atoms with Crippen LogP contribution < -0.4 is 0 Å². The molecule has 0 amide bonds. The van der Waals surface area contributed by atoms with E-state index in [1.807, 2.05) is 0 Å². The molecule has 0 aromatic heterocycles. The molecule has 0 N–H and O–H groups in total. The normalized spacial score (nSPS) is 16.8. The molecule has 0 spiro atoms. The van der Waals surface area contributed by atoms with E-state index in [1.165, 1.54) is 25.7 Å². The average Bonchev–Trinajstić information content (AvgIpc) is 2.17. The first-order valence-electron chi connectivity index (χ1n) is 7.01. The van der Waals surface area contributed by atoms with Crippen molar-refractivity contribution >= 4 is 5.78 Å². The first kappa shape index (κ1) is 15.7. The third kappa shape index (κ3) is 7.03. The summed E-state index contributed by atoms with van der Waals surface area (Å²) >= 11 is 0. The van der Waals surface area contributed by atoms with Crippen LogP contribution in [-0.2, 0) is 4.79 Å². The minimum absolute atomic E-state index is 0.308. The van der Waals surface area contributed by atoms with Gasteiger partial charge in [0.25, 0.3) is 0 Å². The maximum absolute atomic E-state index is 11.6. The molecule has 16 heavy (non-hydrogen) atoms. The summed E-state index contributed by atoms with van der Waals surface area (Å²) in [4.78, 5) is 11.6. The third-order valence-electron chi connectivity index (χ3n) is 3.51. The molecule has 0 bridgehead atoms. The lowest BCUT2D eigenvalue weighted by molar-refractivity contribution is -0.121. The molecule has 0 saturated heterocycles. The van der Waals surface area contributed by atoms with E-state index >= 15 is 0 Å². The van der Waals surface area contributed by atoms with Crippen molar-refractivity contribution in [1.29, 1.82) is 0 Å². The van der Waals surface area contributed by atoms with Gasteiger partial charge in [-0.1, -0.05) is 53.4 Å². The van der Waals surface area contributed by atoms with Gasteiger partial charge in [0.1, 0.15) is 5.78 Å². The molecule has 0 aliphatic carbocycles. The maximum Gasteiger partial charge on any atom is 0.132 e. The summed E-state index contributed by atoms with van der Waals surface area (Å²) in [7, 11) is 0. The summed E-state index contributed by atoms with van der Waals surface area (Å²) in [6, 6.07) is 0. The zero-order chi connectivity index (χ0) is 12.6. The molecule has 0 aromatic rings. The second-order valence-corrected chi connectivity index (χ2v) is 5.57. The minimum Gasteiger partial charge on any atom is -0.300 e. The molecule has 1 nitrogen and oxygen atoms in total. The van der Waals surface area contributed by atoms with Gasteiger partial charge in [-0.05, 0) is 31.6 Å². The summed E-state index contributed by atoms with van der Waals surface area (Å²) in [5.41, 5.74) is 0. The fraction of sp³-hybridized carbons (Fsp3) is 0.933. The van der Waals surface area contributed by atoms with Crippen molar-refractivity contribution in [2.45, 2.75) is 73.1 Å². The first-order valence-corrected chi connectivity index (χ1v) is 7.01. The van der Waals surface area contributed by atoms with E-state index in [0.29, 0.717) is 23.5 Å². The number of hydrogen-bond acceptors (Lipinski definition) is 1. The lowest BCUT2D eigenvalue weighted by atomic mass is 9.83. The highest BCUT2D eigenvalue weighted by Gasteiger charge is 2.19. The number of carbonyl (C=O) groups excluding carboxylic acids is 1. The summed E-state index contributed by atoms with van der Waals surface area (Å²) < 4.78 is 0. The van der Waals surface area contributed by atoms with E-state index in [-0.39, 0.29) is 0 Å². The van der Waals surface area contributed by atoms with Crippen molar-refractivity contribution in [2.75, 3.05) is 0 Å². The Labute approximate surface area is 102 Å². The van der Waals surface area contributed by atoms with Gasteiger partial charge in [-0.3, -0.25) is 4.79 Å². The van der Waals surface area contributed by atoms with Gasteiger partial charge in [-0.25, -0.2) is 0 Å². The smallest absolute Gasteiger partial charge is 0.132 e. The molecule has 0 rings (SSSR count). The van der Waals surface area contributed by atoms with Crippen molar-refractivity contribution < 1.29 is 4.79 Å². The lowest BCUT2D eigenvalue weighted by Gasteiger charge is -2.21. The van der Waals surface area contributed by atoms with Crippen molar-refractivity contribution in [3.05, 3.63) is 0 Å². The summed E-state index contributed by atoms with van der Waals surface area (Å²) in [6.07, 6.45) is 7.17. The Kier molecular flexibility index (Phi) is 8.60. The van der Waals surface area contributed by atoms with Crippen LogP contribution >= 0.6 is 0 Å². The van der Waals surface area contributed by atoms with Crippen molar-refractivity contribution in [2.24, 2.45) is 17.8 Å². The molecule has 96 valence electrons. The monoisotopic (exact) mass is 226 g/mol. The van der Waals surface area contributed by atoms with Crippen molar-refractivity contribution in [3.63, 3.8) is 0 Å². The van der Waals surface area contributed by atoms with Gasteiger partial charge in [0.05, 0.1) is 0 Å². The van der Waals surface area contributed by atoms with E-state index in [4.69, 9.17) is 0 Å². The van der Waals surface area contributed by atoms with Crippen LogP contribution in [0.4, 0.5) is 0 Å². The molecule has 2 unspecified atom stereocenters. The number of rotatable bonds is 9. The highest BCUT2D eigenvalue weighted by molar-refractivity contribution is 5.78.